The Labute approximate surface area is 91.0 Å². The lowest BCUT2D eigenvalue weighted by molar-refractivity contribution is 0.890. The zero-order chi connectivity index (χ0) is 10.7. The highest BCUT2D eigenvalue weighted by Crippen LogP contribution is 2.24. The Balaban J connectivity index is 2.26. The third-order valence-corrected chi connectivity index (χ3v) is 3.06. The van der Waals surface area contributed by atoms with E-state index in [2.05, 4.69) is 31.2 Å². The molecule has 0 saturated carbocycles. The molecule has 1 aromatic rings. The fourth-order valence-corrected chi connectivity index (χ4v) is 2.18. The monoisotopic (exact) mass is 197 g/mol. The number of aryl methyl sites for hydroxylation is 3. The molecule has 0 heterocycles. The number of hydrogen-bond donors (Lipinski definition) is 0. The molecule has 0 aromatic heterocycles. The lowest BCUT2D eigenvalue weighted by Gasteiger charge is -2.05. The van der Waals surface area contributed by atoms with Gasteiger partial charge in [0.15, 0.2) is 0 Å². The van der Waals surface area contributed by atoms with Crippen LogP contribution in [-0.2, 0) is 12.8 Å². The van der Waals surface area contributed by atoms with Crippen LogP contribution in [0.4, 0.5) is 0 Å². The summed E-state index contributed by atoms with van der Waals surface area (Å²) in [6.45, 7) is 2.14. The summed E-state index contributed by atoms with van der Waals surface area (Å²) in [5.41, 5.74) is 5.56. The molecular weight excluding hydrogens is 182 g/mol. The second-order valence-electron chi connectivity index (χ2n) is 4.20. The van der Waals surface area contributed by atoms with Crippen LogP contribution >= 0.6 is 0 Å². The maximum atomic E-state index is 8.65. The van der Waals surface area contributed by atoms with Crippen molar-refractivity contribution in [2.24, 2.45) is 0 Å². The molecule has 0 fully saturated rings. The van der Waals surface area contributed by atoms with Crippen LogP contribution in [0.2, 0.25) is 0 Å². The van der Waals surface area contributed by atoms with E-state index in [-0.39, 0.29) is 0 Å². The van der Waals surface area contributed by atoms with Crippen LogP contribution in [0.15, 0.2) is 29.8 Å². The summed E-state index contributed by atoms with van der Waals surface area (Å²) in [5.74, 6) is 0. The third kappa shape index (κ3) is 2.27. The largest absolute Gasteiger partial charge is 0.193 e. The Morgan fingerprint density at radius 2 is 1.87 bits per heavy atom. The molecule has 0 spiro atoms. The summed E-state index contributed by atoms with van der Waals surface area (Å²) >= 11 is 0. The minimum atomic E-state index is 1.05. The maximum Gasteiger partial charge on any atom is 0.0911 e. The van der Waals surface area contributed by atoms with Gasteiger partial charge in [0.25, 0.3) is 0 Å². The zero-order valence-electron chi connectivity index (χ0n) is 9.09. The van der Waals surface area contributed by atoms with Gasteiger partial charge in [-0.2, -0.15) is 5.26 Å². The SMILES string of the molecule is Cc1ccc2c(c1)CC/C(=C/C#N)CC2. The normalized spacial score (nSPS) is 18.0. The number of nitrogens with zero attached hydrogens (tertiary/aromatic N) is 1. The van der Waals surface area contributed by atoms with Crippen molar-refractivity contribution in [3.05, 3.63) is 46.5 Å². The first-order valence-electron chi connectivity index (χ1n) is 5.45. The molecule has 0 radical (unpaired) electrons. The quantitative estimate of drug-likeness (QED) is 0.462. The molecule has 1 aromatic carbocycles. The molecule has 1 aliphatic rings. The fraction of sp³-hybridized carbons (Fsp3) is 0.357. The molecule has 0 amide bonds. The van der Waals surface area contributed by atoms with E-state index in [4.69, 9.17) is 5.26 Å². The molecule has 1 nitrogen and oxygen atoms in total. The highest BCUT2D eigenvalue weighted by atomic mass is 14.2. The fourth-order valence-electron chi connectivity index (χ4n) is 2.18. The molecule has 0 N–H and O–H groups in total. The van der Waals surface area contributed by atoms with Gasteiger partial charge >= 0.3 is 0 Å². The summed E-state index contributed by atoms with van der Waals surface area (Å²) in [4.78, 5) is 0. The van der Waals surface area contributed by atoms with Crippen LogP contribution in [0.3, 0.4) is 0 Å². The first kappa shape index (κ1) is 9.98. The molecule has 76 valence electrons. The van der Waals surface area contributed by atoms with Crippen LogP contribution < -0.4 is 0 Å². The van der Waals surface area contributed by atoms with Crippen molar-refractivity contribution in [3.63, 3.8) is 0 Å². The predicted molar refractivity (Wildman–Crippen MR) is 61.5 cm³/mol. The zero-order valence-corrected chi connectivity index (χ0v) is 9.09. The van der Waals surface area contributed by atoms with Crippen LogP contribution in [0.5, 0.6) is 0 Å². The summed E-state index contributed by atoms with van der Waals surface area (Å²) in [7, 11) is 0. The van der Waals surface area contributed by atoms with E-state index in [1.54, 1.807) is 6.08 Å². The Bertz CT molecular complexity index is 435. The summed E-state index contributed by atoms with van der Waals surface area (Å²) in [6, 6.07) is 8.84. The van der Waals surface area contributed by atoms with Crippen LogP contribution in [0, 0.1) is 18.3 Å². The Hall–Kier alpha value is -1.55. The van der Waals surface area contributed by atoms with Gasteiger partial charge in [0.1, 0.15) is 0 Å². The van der Waals surface area contributed by atoms with Gasteiger partial charge in [-0.1, -0.05) is 29.3 Å². The summed E-state index contributed by atoms with van der Waals surface area (Å²) in [5, 5.41) is 8.65. The predicted octanol–water partition coefficient (Wildman–Crippen LogP) is 3.32. The average Bonchev–Trinajstić information content (AvgIpc) is 2.42. The molecule has 1 heteroatoms. The first-order chi connectivity index (χ1) is 7.29. The Kier molecular flexibility index (Phi) is 2.87. The number of benzene rings is 1. The number of hydrogen-bond acceptors (Lipinski definition) is 1. The van der Waals surface area contributed by atoms with Gasteiger partial charge in [0.2, 0.25) is 0 Å². The van der Waals surface area contributed by atoms with Crippen molar-refractivity contribution in [2.75, 3.05) is 0 Å². The number of allylic oxidation sites excluding steroid dienone is 2. The van der Waals surface area contributed by atoms with E-state index >= 15 is 0 Å². The van der Waals surface area contributed by atoms with Crippen molar-refractivity contribution in [2.45, 2.75) is 32.6 Å². The van der Waals surface area contributed by atoms with Gasteiger partial charge in [-0.25, -0.2) is 0 Å². The van der Waals surface area contributed by atoms with Crippen molar-refractivity contribution in [1.29, 1.82) is 5.26 Å². The number of fused-ring (bicyclic) bond motifs is 1. The molecule has 15 heavy (non-hydrogen) atoms. The van der Waals surface area contributed by atoms with Crippen LogP contribution in [0.1, 0.15) is 29.5 Å². The van der Waals surface area contributed by atoms with E-state index in [9.17, 15) is 0 Å². The van der Waals surface area contributed by atoms with E-state index in [0.29, 0.717) is 0 Å². The summed E-state index contributed by atoms with van der Waals surface area (Å²) < 4.78 is 0. The van der Waals surface area contributed by atoms with Gasteiger partial charge in [-0.15, -0.1) is 0 Å². The molecule has 0 unspecified atom stereocenters. The van der Waals surface area contributed by atoms with Gasteiger partial charge in [-0.3, -0.25) is 0 Å². The molecule has 0 bridgehead atoms. The maximum absolute atomic E-state index is 8.65. The minimum absolute atomic E-state index is 1.05. The van der Waals surface area contributed by atoms with E-state index in [0.717, 1.165) is 25.7 Å². The van der Waals surface area contributed by atoms with Gasteiger partial charge in [0, 0.05) is 6.08 Å². The van der Waals surface area contributed by atoms with E-state index in [1.165, 1.54) is 22.3 Å². The minimum Gasteiger partial charge on any atom is -0.193 e. The van der Waals surface area contributed by atoms with Crippen LogP contribution in [-0.4, -0.2) is 0 Å². The molecule has 0 aliphatic heterocycles. The lowest BCUT2D eigenvalue weighted by Crippen LogP contribution is -1.90. The van der Waals surface area contributed by atoms with Gasteiger partial charge in [-0.05, 0) is 43.7 Å². The third-order valence-electron chi connectivity index (χ3n) is 3.06. The topological polar surface area (TPSA) is 23.8 Å². The Morgan fingerprint density at radius 3 is 2.60 bits per heavy atom. The smallest absolute Gasteiger partial charge is 0.0911 e. The second kappa shape index (κ2) is 4.31. The molecule has 0 saturated heterocycles. The van der Waals surface area contributed by atoms with Crippen molar-refractivity contribution in [1.82, 2.24) is 0 Å². The number of rotatable bonds is 0. The first-order valence-corrected chi connectivity index (χ1v) is 5.45. The van der Waals surface area contributed by atoms with Gasteiger partial charge < -0.3 is 0 Å². The van der Waals surface area contributed by atoms with Crippen LogP contribution in [0.25, 0.3) is 0 Å². The molecule has 2 rings (SSSR count). The lowest BCUT2D eigenvalue weighted by atomic mass is 10.0. The van der Waals surface area contributed by atoms with E-state index < -0.39 is 0 Å². The van der Waals surface area contributed by atoms with Gasteiger partial charge in [0.05, 0.1) is 6.07 Å². The Morgan fingerprint density at radius 1 is 1.13 bits per heavy atom. The molecule has 1 aliphatic carbocycles. The van der Waals surface area contributed by atoms with Crippen molar-refractivity contribution >= 4 is 0 Å². The molecular formula is C14H15N. The standard InChI is InChI=1S/C14H15N/c1-11-2-5-13-6-3-12(8-9-15)4-7-14(13)10-11/h2,5,8,10H,3-4,6-7H2,1H3/b12-8+. The second-order valence-corrected chi connectivity index (χ2v) is 4.20. The highest BCUT2D eigenvalue weighted by Gasteiger charge is 2.10. The summed E-state index contributed by atoms with van der Waals surface area (Å²) in [6.07, 6.45) is 5.99. The molecule has 0 atom stereocenters. The average molecular weight is 197 g/mol. The number of nitriles is 1. The van der Waals surface area contributed by atoms with E-state index in [1.807, 2.05) is 0 Å². The van der Waals surface area contributed by atoms with Crippen molar-refractivity contribution < 1.29 is 0 Å². The van der Waals surface area contributed by atoms with Crippen molar-refractivity contribution in [3.8, 4) is 6.07 Å². The highest BCUT2D eigenvalue weighted by molar-refractivity contribution is 5.35.